The molecule has 2 N–H and O–H groups in total. The van der Waals surface area contributed by atoms with Gasteiger partial charge in [0.25, 0.3) is 5.91 Å². The van der Waals surface area contributed by atoms with Crippen LogP contribution >= 0.6 is 0 Å². The second-order valence-corrected chi connectivity index (χ2v) is 6.79. The van der Waals surface area contributed by atoms with Gasteiger partial charge in [-0.3, -0.25) is 9.69 Å². The van der Waals surface area contributed by atoms with Crippen molar-refractivity contribution in [2.45, 2.75) is 6.17 Å². The highest BCUT2D eigenvalue weighted by Crippen LogP contribution is 2.48. The van der Waals surface area contributed by atoms with Crippen LogP contribution in [-0.4, -0.2) is 31.2 Å². The molecule has 3 aromatic carbocycles. The number of carbonyl (C=O) groups is 1. The molecule has 2 aliphatic heterocycles. The number of nitrogens with zero attached hydrogens (tertiary/aromatic N) is 2. The van der Waals surface area contributed by atoms with Crippen molar-refractivity contribution in [3.8, 4) is 0 Å². The lowest BCUT2D eigenvalue weighted by molar-refractivity contribution is 0.0980. The predicted molar refractivity (Wildman–Crippen MR) is 104 cm³/mol. The third kappa shape index (κ3) is 1.92. The van der Waals surface area contributed by atoms with Crippen LogP contribution in [0.4, 0.5) is 17.1 Å². The molecule has 130 valence electrons. The Balaban J connectivity index is 1.75. The van der Waals surface area contributed by atoms with Crippen molar-refractivity contribution in [1.82, 2.24) is 0 Å². The number of anilines is 3. The van der Waals surface area contributed by atoms with Gasteiger partial charge in [-0.25, -0.2) is 0 Å². The van der Waals surface area contributed by atoms with Gasteiger partial charge in [0.05, 0.1) is 18.0 Å². The van der Waals surface area contributed by atoms with Crippen LogP contribution in [-0.2, 0) is 0 Å². The Bertz CT molecular complexity index is 1050. The molecule has 0 aromatic heterocycles. The quantitative estimate of drug-likeness (QED) is 0.764. The van der Waals surface area contributed by atoms with Gasteiger partial charge in [-0.1, -0.05) is 30.3 Å². The third-order valence-electron chi connectivity index (χ3n) is 5.35. The molecule has 1 atom stereocenters. The van der Waals surface area contributed by atoms with E-state index >= 15 is 0 Å². The number of aliphatic hydroxyl groups is 1. The van der Waals surface area contributed by atoms with E-state index in [0.29, 0.717) is 6.54 Å². The van der Waals surface area contributed by atoms with Crippen LogP contribution in [0.25, 0.3) is 10.8 Å². The molecule has 0 radical (unpaired) electrons. The Morgan fingerprint density at radius 1 is 1.12 bits per heavy atom. The molecule has 1 amide bonds. The fourth-order valence-corrected chi connectivity index (χ4v) is 4.16. The van der Waals surface area contributed by atoms with E-state index in [9.17, 15) is 9.90 Å². The molecule has 5 rings (SSSR count). The lowest BCUT2D eigenvalue weighted by Gasteiger charge is -2.33. The molecule has 0 saturated heterocycles. The summed E-state index contributed by atoms with van der Waals surface area (Å²) in [5, 5.41) is 14.8. The van der Waals surface area contributed by atoms with Gasteiger partial charge in [0, 0.05) is 41.2 Å². The molecule has 0 saturated carbocycles. The van der Waals surface area contributed by atoms with Crippen LogP contribution in [0.2, 0.25) is 0 Å². The smallest absolute Gasteiger partial charge is 0.260 e. The predicted octanol–water partition coefficient (Wildman–Crippen LogP) is 3.35. The molecule has 2 aliphatic rings. The maximum Gasteiger partial charge on any atom is 0.260 e. The zero-order valence-electron chi connectivity index (χ0n) is 14.4. The lowest BCUT2D eigenvalue weighted by atomic mass is 9.91. The van der Waals surface area contributed by atoms with Gasteiger partial charge < -0.3 is 15.3 Å². The highest BCUT2D eigenvalue weighted by molar-refractivity contribution is 6.21. The Morgan fingerprint density at radius 2 is 1.96 bits per heavy atom. The first kappa shape index (κ1) is 15.2. The first-order valence-electron chi connectivity index (χ1n) is 8.77. The molecule has 0 aliphatic carbocycles. The van der Waals surface area contributed by atoms with Crippen molar-refractivity contribution in [3.05, 3.63) is 65.7 Å². The van der Waals surface area contributed by atoms with E-state index in [4.69, 9.17) is 0 Å². The summed E-state index contributed by atoms with van der Waals surface area (Å²) in [6.45, 7) is 0.636. The van der Waals surface area contributed by atoms with E-state index in [1.807, 2.05) is 59.3 Å². The zero-order chi connectivity index (χ0) is 17.8. The second kappa shape index (κ2) is 5.47. The SMILES string of the molecule is CN(CCO)c1ccc2c3c(cccc13)[C@@H]1Nc3ccccc3N1C2=O. The molecule has 0 fully saturated rings. The van der Waals surface area contributed by atoms with Crippen LogP contribution in [0.5, 0.6) is 0 Å². The summed E-state index contributed by atoms with van der Waals surface area (Å²) in [5.41, 5.74) is 4.76. The number of amides is 1. The van der Waals surface area contributed by atoms with Crippen molar-refractivity contribution < 1.29 is 9.90 Å². The summed E-state index contributed by atoms with van der Waals surface area (Å²) >= 11 is 0. The number of nitrogens with one attached hydrogen (secondary N) is 1. The Hall–Kier alpha value is -3.05. The normalized spacial score (nSPS) is 17.1. The number of benzene rings is 3. The lowest BCUT2D eigenvalue weighted by Crippen LogP contribution is -2.38. The van der Waals surface area contributed by atoms with Crippen LogP contribution < -0.4 is 15.1 Å². The topological polar surface area (TPSA) is 55.8 Å². The Labute approximate surface area is 151 Å². The summed E-state index contributed by atoms with van der Waals surface area (Å²) in [5.74, 6) is 0.0208. The van der Waals surface area contributed by atoms with E-state index in [1.165, 1.54) is 0 Å². The summed E-state index contributed by atoms with van der Waals surface area (Å²) in [7, 11) is 1.96. The van der Waals surface area contributed by atoms with E-state index in [1.54, 1.807) is 0 Å². The van der Waals surface area contributed by atoms with E-state index in [-0.39, 0.29) is 18.7 Å². The van der Waals surface area contributed by atoms with Gasteiger partial charge in [0.15, 0.2) is 0 Å². The second-order valence-electron chi connectivity index (χ2n) is 6.79. The number of hydrogen-bond acceptors (Lipinski definition) is 4. The monoisotopic (exact) mass is 345 g/mol. The Kier molecular flexibility index (Phi) is 3.21. The molecule has 2 heterocycles. The highest BCUT2D eigenvalue weighted by atomic mass is 16.3. The highest BCUT2D eigenvalue weighted by Gasteiger charge is 2.40. The van der Waals surface area contributed by atoms with E-state index in [0.717, 1.165) is 39.0 Å². The molecule has 5 heteroatoms. The van der Waals surface area contributed by atoms with Crippen molar-refractivity contribution in [2.24, 2.45) is 0 Å². The number of fused-ring (bicyclic) bond motifs is 4. The summed E-state index contributed by atoms with van der Waals surface area (Å²) in [4.78, 5) is 17.2. The zero-order valence-corrected chi connectivity index (χ0v) is 14.4. The minimum Gasteiger partial charge on any atom is -0.395 e. The summed E-state index contributed by atoms with van der Waals surface area (Å²) in [6.07, 6.45) is -0.186. The van der Waals surface area contributed by atoms with Crippen molar-refractivity contribution in [1.29, 1.82) is 0 Å². The average Bonchev–Trinajstić information content (AvgIpc) is 3.05. The van der Waals surface area contributed by atoms with Crippen LogP contribution in [0.3, 0.4) is 0 Å². The van der Waals surface area contributed by atoms with Crippen molar-refractivity contribution >= 4 is 33.7 Å². The third-order valence-corrected chi connectivity index (χ3v) is 5.35. The minimum absolute atomic E-state index is 0.0208. The summed E-state index contributed by atoms with van der Waals surface area (Å²) in [6, 6.07) is 18.0. The van der Waals surface area contributed by atoms with E-state index < -0.39 is 0 Å². The first-order valence-corrected chi connectivity index (χ1v) is 8.77. The first-order chi connectivity index (χ1) is 12.7. The van der Waals surface area contributed by atoms with Crippen LogP contribution in [0.15, 0.2) is 54.6 Å². The standard InChI is InChI=1S/C21H19N3O2/c1-23(11-12-25)17-10-9-15-19-13(17)5-4-6-14(19)20-22-16-7-2-3-8-18(16)24(20)21(15)26/h2-10,20,22,25H,11-12H2,1H3/t20-/m1/s1. The van der Waals surface area contributed by atoms with Crippen LogP contribution in [0.1, 0.15) is 22.1 Å². The van der Waals surface area contributed by atoms with Gasteiger partial charge >= 0.3 is 0 Å². The Morgan fingerprint density at radius 3 is 2.81 bits per heavy atom. The largest absolute Gasteiger partial charge is 0.395 e. The van der Waals surface area contributed by atoms with E-state index in [2.05, 4.69) is 17.4 Å². The maximum absolute atomic E-state index is 13.3. The van der Waals surface area contributed by atoms with Crippen molar-refractivity contribution in [2.75, 3.05) is 35.3 Å². The maximum atomic E-state index is 13.3. The molecule has 0 spiro atoms. The molecule has 26 heavy (non-hydrogen) atoms. The van der Waals surface area contributed by atoms with Gasteiger partial charge in [-0.05, 0) is 24.3 Å². The average molecular weight is 345 g/mol. The van der Waals surface area contributed by atoms with Gasteiger partial charge in [0.1, 0.15) is 6.17 Å². The van der Waals surface area contributed by atoms with Gasteiger partial charge in [0.2, 0.25) is 0 Å². The fraction of sp³-hybridized carbons (Fsp3) is 0.190. The van der Waals surface area contributed by atoms with Gasteiger partial charge in [-0.2, -0.15) is 0 Å². The minimum atomic E-state index is -0.186. The number of carbonyl (C=O) groups excluding carboxylic acids is 1. The number of rotatable bonds is 3. The number of likely N-dealkylation sites (N-methyl/N-ethyl adjacent to an activating group) is 1. The van der Waals surface area contributed by atoms with Gasteiger partial charge in [-0.15, -0.1) is 0 Å². The summed E-state index contributed by atoms with van der Waals surface area (Å²) < 4.78 is 0. The number of aliphatic hydroxyl groups excluding tert-OH is 1. The fourth-order valence-electron chi connectivity index (χ4n) is 4.16. The number of para-hydroxylation sites is 2. The van der Waals surface area contributed by atoms with Crippen LogP contribution in [0, 0.1) is 0 Å². The molecule has 0 unspecified atom stereocenters. The molecular weight excluding hydrogens is 326 g/mol. The molecule has 5 nitrogen and oxygen atoms in total. The van der Waals surface area contributed by atoms with Crippen molar-refractivity contribution in [3.63, 3.8) is 0 Å². The molecule has 0 bridgehead atoms. The number of hydrogen-bond donors (Lipinski definition) is 2. The molecular formula is C21H19N3O2. The molecule has 3 aromatic rings.